The summed E-state index contributed by atoms with van der Waals surface area (Å²) in [5, 5.41) is 3.33. The summed E-state index contributed by atoms with van der Waals surface area (Å²) < 4.78 is 16.8. The van der Waals surface area contributed by atoms with E-state index in [2.05, 4.69) is 17.3 Å². The van der Waals surface area contributed by atoms with Gasteiger partial charge in [0.15, 0.2) is 6.61 Å². The molecule has 0 atom stereocenters. The number of carbonyl (C=O) groups is 1. The van der Waals surface area contributed by atoms with Crippen molar-refractivity contribution in [1.82, 2.24) is 10.2 Å². The van der Waals surface area contributed by atoms with Gasteiger partial charge in [-0.2, -0.15) is 0 Å². The third-order valence-electron chi connectivity index (χ3n) is 5.11. The Labute approximate surface area is 183 Å². The van der Waals surface area contributed by atoms with Gasteiger partial charge in [0.1, 0.15) is 18.1 Å². The van der Waals surface area contributed by atoms with Gasteiger partial charge in [0.2, 0.25) is 0 Å². The molecule has 6 nitrogen and oxygen atoms in total. The number of hydrogen-bond acceptors (Lipinski definition) is 5. The predicted molar refractivity (Wildman–Crippen MR) is 117 cm³/mol. The van der Waals surface area contributed by atoms with Crippen LogP contribution in [0.5, 0.6) is 11.5 Å². The Morgan fingerprint density at radius 2 is 1.97 bits per heavy atom. The minimum Gasteiger partial charge on any atom is -0.492 e. The molecule has 0 aliphatic carbocycles. The zero-order valence-corrected chi connectivity index (χ0v) is 18.1. The van der Waals surface area contributed by atoms with Gasteiger partial charge in [0, 0.05) is 32.3 Å². The van der Waals surface area contributed by atoms with Gasteiger partial charge in [-0.05, 0) is 49.7 Å². The van der Waals surface area contributed by atoms with E-state index in [9.17, 15) is 4.79 Å². The molecule has 1 fully saturated rings. The maximum Gasteiger partial charge on any atom is 0.258 e. The largest absolute Gasteiger partial charge is 0.492 e. The van der Waals surface area contributed by atoms with Crippen molar-refractivity contribution in [2.45, 2.75) is 25.4 Å². The van der Waals surface area contributed by atoms with Crippen LogP contribution in [0, 0.1) is 0 Å². The fourth-order valence-electron chi connectivity index (χ4n) is 3.32. The zero-order valence-electron chi connectivity index (χ0n) is 17.3. The highest BCUT2D eigenvalue weighted by Crippen LogP contribution is 2.22. The van der Waals surface area contributed by atoms with Gasteiger partial charge in [-0.15, -0.1) is 0 Å². The van der Waals surface area contributed by atoms with E-state index >= 15 is 0 Å². The van der Waals surface area contributed by atoms with Crippen LogP contribution < -0.4 is 14.8 Å². The molecule has 0 spiro atoms. The fourth-order valence-corrected chi connectivity index (χ4v) is 3.51. The number of amides is 1. The average Bonchev–Trinajstić information content (AvgIpc) is 2.78. The zero-order chi connectivity index (χ0) is 21.2. The molecule has 1 aliphatic rings. The summed E-state index contributed by atoms with van der Waals surface area (Å²) in [5.74, 6) is 1.09. The van der Waals surface area contributed by atoms with Gasteiger partial charge in [-0.3, -0.25) is 9.69 Å². The molecule has 3 rings (SSSR count). The molecule has 0 bridgehead atoms. The molecule has 1 heterocycles. The molecule has 1 N–H and O–H groups in total. The van der Waals surface area contributed by atoms with Crippen molar-refractivity contribution in [2.75, 3.05) is 40.0 Å². The summed E-state index contributed by atoms with van der Waals surface area (Å²) >= 11 is 6.02. The standard InChI is InChI=1S/C23H29ClN2O4/c1-26(19-9-12-28-13-10-19)11-14-29-20-6-4-5-18(15-20)16-25-23(27)17-30-22-8-3-2-7-21(22)24/h2-8,15,19H,9-14,16-17H2,1H3,(H,25,27). The lowest BCUT2D eigenvalue weighted by molar-refractivity contribution is -0.123. The lowest BCUT2D eigenvalue weighted by Gasteiger charge is -2.31. The van der Waals surface area contributed by atoms with Crippen molar-refractivity contribution < 1.29 is 19.0 Å². The molecule has 1 aliphatic heterocycles. The van der Waals surface area contributed by atoms with Crippen molar-refractivity contribution in [2.24, 2.45) is 0 Å². The quantitative estimate of drug-likeness (QED) is 0.622. The Bertz CT molecular complexity index is 811. The molecule has 1 saturated heterocycles. The summed E-state index contributed by atoms with van der Waals surface area (Å²) in [6.07, 6.45) is 2.15. The number of hydrogen-bond donors (Lipinski definition) is 1. The molecule has 0 radical (unpaired) electrons. The Morgan fingerprint density at radius 1 is 1.17 bits per heavy atom. The van der Waals surface area contributed by atoms with E-state index in [1.54, 1.807) is 12.1 Å². The molecular weight excluding hydrogens is 404 g/mol. The Balaban J connectivity index is 1.38. The van der Waals surface area contributed by atoms with Crippen molar-refractivity contribution in [3.8, 4) is 11.5 Å². The first-order valence-corrected chi connectivity index (χ1v) is 10.6. The molecule has 162 valence electrons. The van der Waals surface area contributed by atoms with Crippen LogP contribution in [0.4, 0.5) is 0 Å². The van der Waals surface area contributed by atoms with Crippen LogP contribution >= 0.6 is 11.6 Å². The summed E-state index contributed by atoms with van der Waals surface area (Å²) in [6, 6.07) is 15.4. The summed E-state index contributed by atoms with van der Waals surface area (Å²) in [5.41, 5.74) is 0.969. The van der Waals surface area contributed by atoms with Gasteiger partial charge in [0.25, 0.3) is 5.91 Å². The van der Waals surface area contributed by atoms with Crippen LogP contribution in [-0.2, 0) is 16.1 Å². The van der Waals surface area contributed by atoms with Crippen LogP contribution in [0.2, 0.25) is 5.02 Å². The number of benzene rings is 2. The highest BCUT2D eigenvalue weighted by Gasteiger charge is 2.18. The third kappa shape index (κ3) is 7.20. The summed E-state index contributed by atoms with van der Waals surface area (Å²) in [4.78, 5) is 14.4. The van der Waals surface area contributed by atoms with E-state index in [4.69, 9.17) is 25.8 Å². The highest BCUT2D eigenvalue weighted by molar-refractivity contribution is 6.32. The molecule has 7 heteroatoms. The van der Waals surface area contributed by atoms with E-state index in [0.717, 1.165) is 43.9 Å². The first kappa shape index (κ1) is 22.4. The van der Waals surface area contributed by atoms with Crippen molar-refractivity contribution in [3.05, 3.63) is 59.1 Å². The number of ether oxygens (including phenoxy) is 3. The summed E-state index contributed by atoms with van der Waals surface area (Å²) in [7, 11) is 2.13. The van der Waals surface area contributed by atoms with Crippen LogP contribution in [0.3, 0.4) is 0 Å². The number of carbonyl (C=O) groups excluding carboxylic acids is 1. The first-order valence-electron chi connectivity index (χ1n) is 10.3. The number of likely N-dealkylation sites (N-methyl/N-ethyl adjacent to an activating group) is 1. The number of rotatable bonds is 10. The minimum atomic E-state index is -0.209. The van der Waals surface area contributed by atoms with Gasteiger partial charge >= 0.3 is 0 Å². The van der Waals surface area contributed by atoms with Gasteiger partial charge in [0.05, 0.1) is 5.02 Å². The Morgan fingerprint density at radius 3 is 2.77 bits per heavy atom. The molecule has 0 aromatic heterocycles. The molecule has 0 saturated carbocycles. The van der Waals surface area contributed by atoms with E-state index < -0.39 is 0 Å². The lowest BCUT2D eigenvalue weighted by atomic mass is 10.1. The molecule has 1 amide bonds. The maximum atomic E-state index is 12.1. The molecule has 30 heavy (non-hydrogen) atoms. The Hall–Kier alpha value is -2.28. The SMILES string of the molecule is CN(CCOc1cccc(CNC(=O)COc2ccccc2Cl)c1)C1CCOCC1. The normalized spacial score (nSPS) is 14.5. The number of nitrogens with zero attached hydrogens (tertiary/aromatic N) is 1. The smallest absolute Gasteiger partial charge is 0.258 e. The van der Waals surface area contributed by atoms with E-state index in [-0.39, 0.29) is 12.5 Å². The second-order valence-corrected chi connectivity index (χ2v) is 7.72. The monoisotopic (exact) mass is 432 g/mol. The first-order chi connectivity index (χ1) is 14.6. The van der Waals surface area contributed by atoms with E-state index in [1.165, 1.54) is 0 Å². The topological polar surface area (TPSA) is 60.0 Å². The van der Waals surface area contributed by atoms with Crippen LogP contribution in [0.15, 0.2) is 48.5 Å². The van der Waals surface area contributed by atoms with Crippen LogP contribution in [0.1, 0.15) is 18.4 Å². The number of halogens is 1. The molecule has 2 aromatic carbocycles. The van der Waals surface area contributed by atoms with E-state index in [0.29, 0.717) is 30.0 Å². The number of para-hydroxylation sites is 1. The number of nitrogens with one attached hydrogen (secondary N) is 1. The van der Waals surface area contributed by atoms with Crippen molar-refractivity contribution in [1.29, 1.82) is 0 Å². The van der Waals surface area contributed by atoms with Crippen molar-refractivity contribution >= 4 is 17.5 Å². The fraction of sp³-hybridized carbons (Fsp3) is 0.435. The minimum absolute atomic E-state index is 0.0849. The van der Waals surface area contributed by atoms with Crippen LogP contribution in [0.25, 0.3) is 0 Å². The molecular formula is C23H29ClN2O4. The third-order valence-corrected chi connectivity index (χ3v) is 5.42. The molecule has 0 unspecified atom stereocenters. The molecule has 2 aromatic rings. The maximum absolute atomic E-state index is 12.1. The van der Waals surface area contributed by atoms with Crippen LogP contribution in [-0.4, -0.2) is 56.9 Å². The lowest BCUT2D eigenvalue weighted by Crippen LogP contribution is -2.38. The van der Waals surface area contributed by atoms with Gasteiger partial charge < -0.3 is 19.5 Å². The second-order valence-electron chi connectivity index (χ2n) is 7.32. The summed E-state index contributed by atoms with van der Waals surface area (Å²) in [6.45, 7) is 3.49. The van der Waals surface area contributed by atoms with Gasteiger partial charge in [-0.1, -0.05) is 35.9 Å². The predicted octanol–water partition coefficient (Wildman–Crippen LogP) is 3.52. The van der Waals surface area contributed by atoms with Gasteiger partial charge in [-0.25, -0.2) is 0 Å². The van der Waals surface area contributed by atoms with E-state index in [1.807, 2.05) is 36.4 Å². The second kappa shape index (κ2) is 11.8. The average molecular weight is 433 g/mol. The highest BCUT2D eigenvalue weighted by atomic mass is 35.5. The Kier molecular flexibility index (Phi) is 8.81. The van der Waals surface area contributed by atoms with Crippen molar-refractivity contribution in [3.63, 3.8) is 0 Å².